The average Bonchev–Trinajstić information content (AvgIpc) is 1.82. The minimum Gasteiger partial charge on any atom is -0.353 e. The van der Waals surface area contributed by atoms with E-state index >= 15 is 0 Å². The van der Waals surface area contributed by atoms with E-state index < -0.39 is 15.1 Å². The zero-order chi connectivity index (χ0) is 9.94. The summed E-state index contributed by atoms with van der Waals surface area (Å²) in [6.45, 7) is 4.62. The Bertz CT molecular complexity index is 258. The van der Waals surface area contributed by atoms with Gasteiger partial charge in [-0.3, -0.25) is 4.79 Å². The molecule has 2 atom stereocenters. The van der Waals surface area contributed by atoms with Gasteiger partial charge in [-0.25, -0.2) is 8.42 Å². The van der Waals surface area contributed by atoms with E-state index in [9.17, 15) is 13.2 Å². The van der Waals surface area contributed by atoms with Gasteiger partial charge in [0, 0.05) is 19.2 Å². The fourth-order valence-electron chi connectivity index (χ4n) is 0.809. The molecular formula is C7H15NO3S. The second kappa shape index (κ2) is 3.89. The molecule has 0 aliphatic rings. The number of carbonyl (C=O) groups excluding carboxylic acids is 1. The topological polar surface area (TPSA) is 63.2 Å². The summed E-state index contributed by atoms with van der Waals surface area (Å²) >= 11 is 0. The standard InChI is InChI=1S/C7H15NO3S/c1-5(8-7(3)9)6(2)12(4,10)11/h5-6H,1-4H3,(H,8,9). The first-order valence-electron chi connectivity index (χ1n) is 3.71. The van der Waals surface area contributed by atoms with Crippen LogP contribution in [0.15, 0.2) is 0 Å². The van der Waals surface area contributed by atoms with Crippen LogP contribution in [0.5, 0.6) is 0 Å². The van der Waals surface area contributed by atoms with E-state index in [1.54, 1.807) is 13.8 Å². The lowest BCUT2D eigenvalue weighted by Gasteiger charge is -2.18. The number of hydrogen-bond acceptors (Lipinski definition) is 3. The van der Waals surface area contributed by atoms with E-state index in [0.29, 0.717) is 0 Å². The molecule has 0 saturated heterocycles. The van der Waals surface area contributed by atoms with Gasteiger partial charge >= 0.3 is 0 Å². The lowest BCUT2D eigenvalue weighted by molar-refractivity contribution is -0.119. The van der Waals surface area contributed by atoms with E-state index in [-0.39, 0.29) is 11.9 Å². The zero-order valence-electron chi connectivity index (χ0n) is 7.79. The van der Waals surface area contributed by atoms with E-state index in [4.69, 9.17) is 0 Å². The van der Waals surface area contributed by atoms with Gasteiger partial charge in [0.05, 0.1) is 5.25 Å². The second-order valence-corrected chi connectivity index (χ2v) is 5.43. The first kappa shape index (κ1) is 11.4. The van der Waals surface area contributed by atoms with Crippen molar-refractivity contribution < 1.29 is 13.2 Å². The summed E-state index contributed by atoms with van der Waals surface area (Å²) in [7, 11) is -3.06. The first-order chi connectivity index (χ1) is 5.25. The summed E-state index contributed by atoms with van der Waals surface area (Å²) < 4.78 is 22.0. The van der Waals surface area contributed by atoms with E-state index in [0.717, 1.165) is 6.26 Å². The molecule has 0 radical (unpaired) electrons. The van der Waals surface area contributed by atoms with Gasteiger partial charge in [0.15, 0.2) is 9.84 Å². The van der Waals surface area contributed by atoms with Crippen molar-refractivity contribution in [3.05, 3.63) is 0 Å². The third-order valence-corrected chi connectivity index (χ3v) is 3.57. The van der Waals surface area contributed by atoms with Crippen molar-refractivity contribution in [3.63, 3.8) is 0 Å². The van der Waals surface area contributed by atoms with Crippen LogP contribution in [0.2, 0.25) is 0 Å². The molecule has 0 bridgehead atoms. The molecule has 2 unspecified atom stereocenters. The fourth-order valence-corrected chi connectivity index (χ4v) is 1.62. The Morgan fingerprint density at radius 3 is 2.00 bits per heavy atom. The molecule has 1 amide bonds. The quantitative estimate of drug-likeness (QED) is 0.683. The monoisotopic (exact) mass is 193 g/mol. The van der Waals surface area contributed by atoms with Crippen molar-refractivity contribution in [1.29, 1.82) is 0 Å². The maximum Gasteiger partial charge on any atom is 0.217 e. The van der Waals surface area contributed by atoms with Crippen LogP contribution in [0, 0.1) is 0 Å². The number of sulfone groups is 1. The Morgan fingerprint density at radius 1 is 1.33 bits per heavy atom. The molecule has 0 aromatic rings. The van der Waals surface area contributed by atoms with Crippen LogP contribution in [-0.2, 0) is 14.6 Å². The lowest BCUT2D eigenvalue weighted by atomic mass is 10.2. The van der Waals surface area contributed by atoms with Crippen LogP contribution < -0.4 is 5.32 Å². The maximum atomic E-state index is 11.0. The van der Waals surface area contributed by atoms with Crippen LogP contribution in [0.25, 0.3) is 0 Å². The van der Waals surface area contributed by atoms with Crippen LogP contribution >= 0.6 is 0 Å². The van der Waals surface area contributed by atoms with E-state index in [1.165, 1.54) is 6.92 Å². The molecule has 0 heterocycles. The fraction of sp³-hybridized carbons (Fsp3) is 0.857. The molecular weight excluding hydrogens is 178 g/mol. The smallest absolute Gasteiger partial charge is 0.217 e. The van der Waals surface area contributed by atoms with Gasteiger partial charge in [-0.15, -0.1) is 0 Å². The number of nitrogens with one attached hydrogen (secondary N) is 1. The molecule has 0 aromatic heterocycles. The Labute approximate surface area is 73.3 Å². The van der Waals surface area contributed by atoms with E-state index in [2.05, 4.69) is 5.32 Å². The van der Waals surface area contributed by atoms with Crippen molar-refractivity contribution in [2.75, 3.05) is 6.26 Å². The summed E-state index contributed by atoms with van der Waals surface area (Å²) in [5.41, 5.74) is 0. The number of hydrogen-bond donors (Lipinski definition) is 1. The van der Waals surface area contributed by atoms with Crippen LogP contribution in [0.1, 0.15) is 20.8 Å². The largest absolute Gasteiger partial charge is 0.353 e. The highest BCUT2D eigenvalue weighted by Crippen LogP contribution is 2.03. The summed E-state index contributed by atoms with van der Waals surface area (Å²) in [5.74, 6) is -0.210. The van der Waals surface area contributed by atoms with Crippen molar-refractivity contribution >= 4 is 15.7 Å². The first-order valence-corrected chi connectivity index (χ1v) is 5.66. The molecule has 72 valence electrons. The SMILES string of the molecule is CC(=O)NC(C)C(C)S(C)(=O)=O. The van der Waals surface area contributed by atoms with Crippen LogP contribution in [0.3, 0.4) is 0 Å². The Morgan fingerprint density at radius 2 is 1.75 bits per heavy atom. The highest BCUT2D eigenvalue weighted by molar-refractivity contribution is 7.91. The molecule has 0 saturated carbocycles. The molecule has 5 heteroatoms. The van der Waals surface area contributed by atoms with Crippen molar-refractivity contribution in [3.8, 4) is 0 Å². The number of carbonyl (C=O) groups is 1. The maximum absolute atomic E-state index is 11.0. The Kier molecular flexibility index (Phi) is 3.70. The molecule has 0 fully saturated rings. The van der Waals surface area contributed by atoms with E-state index in [1.807, 2.05) is 0 Å². The highest BCUT2D eigenvalue weighted by atomic mass is 32.2. The van der Waals surface area contributed by atoms with Crippen molar-refractivity contribution in [1.82, 2.24) is 5.32 Å². The van der Waals surface area contributed by atoms with Gasteiger partial charge in [-0.05, 0) is 13.8 Å². The summed E-state index contributed by atoms with van der Waals surface area (Å²) in [5, 5.41) is 1.99. The molecule has 0 aromatic carbocycles. The summed E-state index contributed by atoms with van der Waals surface area (Å²) in [6, 6.07) is -0.336. The molecule has 0 rings (SSSR count). The zero-order valence-corrected chi connectivity index (χ0v) is 8.60. The third kappa shape index (κ3) is 3.71. The van der Waals surface area contributed by atoms with Gasteiger partial charge in [0.25, 0.3) is 0 Å². The lowest BCUT2D eigenvalue weighted by Crippen LogP contribution is -2.42. The van der Waals surface area contributed by atoms with Crippen molar-refractivity contribution in [2.24, 2.45) is 0 Å². The van der Waals surface area contributed by atoms with Crippen molar-refractivity contribution in [2.45, 2.75) is 32.1 Å². The Balaban J connectivity index is 4.30. The number of rotatable bonds is 3. The molecule has 0 spiro atoms. The Hall–Kier alpha value is -0.580. The minimum atomic E-state index is -3.06. The van der Waals surface area contributed by atoms with Gasteiger partial charge in [0.1, 0.15) is 0 Å². The predicted octanol–water partition coefficient (Wildman–Crippen LogP) is -0.0559. The normalized spacial score (nSPS) is 16.7. The summed E-state index contributed by atoms with van der Waals surface area (Å²) in [4.78, 5) is 10.6. The van der Waals surface area contributed by atoms with Gasteiger partial charge in [0.2, 0.25) is 5.91 Å². The molecule has 0 aliphatic heterocycles. The predicted molar refractivity (Wildman–Crippen MR) is 47.6 cm³/mol. The highest BCUT2D eigenvalue weighted by Gasteiger charge is 2.22. The van der Waals surface area contributed by atoms with Crippen LogP contribution in [0.4, 0.5) is 0 Å². The molecule has 12 heavy (non-hydrogen) atoms. The average molecular weight is 193 g/mol. The minimum absolute atomic E-state index is 0.210. The summed E-state index contributed by atoms with van der Waals surface area (Å²) in [6.07, 6.45) is 1.16. The molecule has 1 N–H and O–H groups in total. The number of amides is 1. The van der Waals surface area contributed by atoms with Crippen LogP contribution in [-0.4, -0.2) is 31.9 Å². The van der Waals surface area contributed by atoms with Gasteiger partial charge < -0.3 is 5.32 Å². The molecule has 4 nitrogen and oxygen atoms in total. The van der Waals surface area contributed by atoms with Gasteiger partial charge in [-0.1, -0.05) is 0 Å². The second-order valence-electron chi connectivity index (χ2n) is 3.02. The third-order valence-electron chi connectivity index (χ3n) is 1.81. The van der Waals surface area contributed by atoms with Gasteiger partial charge in [-0.2, -0.15) is 0 Å². The molecule has 0 aliphatic carbocycles.